The predicted octanol–water partition coefficient (Wildman–Crippen LogP) is 2.03. The summed E-state index contributed by atoms with van der Waals surface area (Å²) in [7, 11) is 0. The van der Waals surface area contributed by atoms with Crippen LogP contribution in [0.3, 0.4) is 0 Å². The fourth-order valence-corrected chi connectivity index (χ4v) is 1.57. The van der Waals surface area contributed by atoms with Gasteiger partial charge in [-0.3, -0.25) is 5.41 Å². The molecule has 0 amide bonds. The summed E-state index contributed by atoms with van der Waals surface area (Å²) in [5.74, 6) is 0.998. The molecule has 1 unspecified atom stereocenters. The highest BCUT2D eigenvalue weighted by atomic mass is 32.1. The van der Waals surface area contributed by atoms with Crippen molar-refractivity contribution in [3.63, 3.8) is 0 Å². The fourth-order valence-electron chi connectivity index (χ4n) is 1.32. The number of hydrogen-bond acceptors (Lipinski definition) is 2. The SMILES string of the molecule is N=C(N)C(CCS)c1ccccc1. The van der Waals surface area contributed by atoms with E-state index in [0.717, 1.165) is 17.7 Å². The van der Waals surface area contributed by atoms with Crippen LogP contribution in [-0.4, -0.2) is 11.6 Å². The zero-order valence-electron chi connectivity index (χ0n) is 7.40. The second-order valence-corrected chi connectivity index (χ2v) is 3.38. The van der Waals surface area contributed by atoms with Crippen molar-refractivity contribution in [2.45, 2.75) is 12.3 Å². The standard InChI is InChI=1S/C10H14N2S/c11-10(12)9(6-7-13)8-4-2-1-3-5-8/h1-5,9,13H,6-7H2,(H3,11,12). The van der Waals surface area contributed by atoms with Gasteiger partial charge in [-0.25, -0.2) is 0 Å². The van der Waals surface area contributed by atoms with Gasteiger partial charge in [-0.1, -0.05) is 30.3 Å². The molecule has 0 saturated carbocycles. The van der Waals surface area contributed by atoms with Crippen LogP contribution in [0.2, 0.25) is 0 Å². The molecule has 0 aliphatic carbocycles. The summed E-state index contributed by atoms with van der Waals surface area (Å²) >= 11 is 4.15. The summed E-state index contributed by atoms with van der Waals surface area (Å²) in [5, 5.41) is 7.44. The van der Waals surface area contributed by atoms with E-state index in [4.69, 9.17) is 11.1 Å². The highest BCUT2D eigenvalue weighted by Crippen LogP contribution is 2.19. The lowest BCUT2D eigenvalue weighted by Gasteiger charge is -2.13. The monoisotopic (exact) mass is 194 g/mol. The molecule has 0 bridgehead atoms. The van der Waals surface area contributed by atoms with E-state index >= 15 is 0 Å². The van der Waals surface area contributed by atoms with E-state index in [1.165, 1.54) is 0 Å². The minimum absolute atomic E-state index is 0.0266. The quantitative estimate of drug-likeness (QED) is 0.383. The Morgan fingerprint density at radius 3 is 2.46 bits per heavy atom. The van der Waals surface area contributed by atoms with Gasteiger partial charge in [0.05, 0.1) is 5.84 Å². The first-order valence-electron chi connectivity index (χ1n) is 4.25. The number of amidine groups is 1. The third-order valence-corrected chi connectivity index (χ3v) is 2.25. The van der Waals surface area contributed by atoms with Crippen LogP contribution in [0.4, 0.5) is 0 Å². The zero-order valence-corrected chi connectivity index (χ0v) is 8.30. The normalized spacial score (nSPS) is 12.4. The second kappa shape index (κ2) is 4.92. The van der Waals surface area contributed by atoms with Crippen molar-refractivity contribution in [2.75, 3.05) is 5.75 Å². The van der Waals surface area contributed by atoms with Crippen molar-refractivity contribution in [3.05, 3.63) is 35.9 Å². The van der Waals surface area contributed by atoms with E-state index < -0.39 is 0 Å². The minimum Gasteiger partial charge on any atom is -0.387 e. The molecule has 0 radical (unpaired) electrons. The molecule has 0 spiro atoms. The lowest BCUT2D eigenvalue weighted by molar-refractivity contribution is 0.841. The second-order valence-electron chi connectivity index (χ2n) is 2.93. The Balaban J connectivity index is 2.82. The van der Waals surface area contributed by atoms with Crippen molar-refractivity contribution in [1.29, 1.82) is 5.41 Å². The Bertz CT molecular complexity index is 272. The van der Waals surface area contributed by atoms with Gasteiger partial charge in [0.25, 0.3) is 0 Å². The van der Waals surface area contributed by atoms with E-state index in [0.29, 0.717) is 0 Å². The van der Waals surface area contributed by atoms with Gasteiger partial charge in [-0.15, -0.1) is 0 Å². The van der Waals surface area contributed by atoms with Crippen molar-refractivity contribution in [3.8, 4) is 0 Å². The van der Waals surface area contributed by atoms with Gasteiger partial charge in [-0.2, -0.15) is 12.6 Å². The van der Waals surface area contributed by atoms with Crippen LogP contribution in [0.15, 0.2) is 30.3 Å². The smallest absolute Gasteiger partial charge is 0.0982 e. The summed E-state index contributed by atoms with van der Waals surface area (Å²) in [6.07, 6.45) is 0.822. The molecule has 1 atom stereocenters. The molecule has 0 aromatic heterocycles. The maximum atomic E-state index is 7.44. The molecule has 0 saturated heterocycles. The van der Waals surface area contributed by atoms with Crippen molar-refractivity contribution >= 4 is 18.5 Å². The molecule has 0 aliphatic rings. The van der Waals surface area contributed by atoms with Crippen LogP contribution >= 0.6 is 12.6 Å². The summed E-state index contributed by atoms with van der Waals surface area (Å²) in [6.45, 7) is 0. The van der Waals surface area contributed by atoms with Crippen molar-refractivity contribution < 1.29 is 0 Å². The molecule has 1 aromatic carbocycles. The van der Waals surface area contributed by atoms with Crippen LogP contribution in [0.5, 0.6) is 0 Å². The van der Waals surface area contributed by atoms with E-state index in [9.17, 15) is 0 Å². The topological polar surface area (TPSA) is 49.9 Å². The number of nitrogens with two attached hydrogens (primary N) is 1. The molecule has 0 fully saturated rings. The number of benzene rings is 1. The molecule has 3 heteroatoms. The molecule has 0 aliphatic heterocycles. The van der Waals surface area contributed by atoms with Gasteiger partial charge in [0, 0.05) is 5.92 Å². The summed E-state index contributed by atoms with van der Waals surface area (Å²) < 4.78 is 0. The Kier molecular flexibility index (Phi) is 3.83. The molecule has 1 aromatic rings. The van der Waals surface area contributed by atoms with Gasteiger partial charge >= 0.3 is 0 Å². The number of hydrogen-bond donors (Lipinski definition) is 3. The average molecular weight is 194 g/mol. The Hall–Kier alpha value is -0.960. The maximum absolute atomic E-state index is 7.44. The first-order chi connectivity index (χ1) is 6.25. The number of thiol groups is 1. The fraction of sp³-hybridized carbons (Fsp3) is 0.300. The maximum Gasteiger partial charge on any atom is 0.0982 e. The molecule has 0 heterocycles. The number of nitrogens with one attached hydrogen (secondary N) is 1. The van der Waals surface area contributed by atoms with Gasteiger partial charge in [0.1, 0.15) is 0 Å². The average Bonchev–Trinajstić information content (AvgIpc) is 2.15. The zero-order chi connectivity index (χ0) is 9.68. The third-order valence-electron chi connectivity index (χ3n) is 2.00. The van der Waals surface area contributed by atoms with Crippen LogP contribution in [-0.2, 0) is 0 Å². The summed E-state index contributed by atoms with van der Waals surface area (Å²) in [4.78, 5) is 0. The Morgan fingerprint density at radius 1 is 1.38 bits per heavy atom. The highest BCUT2D eigenvalue weighted by Gasteiger charge is 2.12. The van der Waals surface area contributed by atoms with E-state index in [1.807, 2.05) is 30.3 Å². The first-order valence-corrected chi connectivity index (χ1v) is 4.88. The van der Waals surface area contributed by atoms with Crippen LogP contribution in [0, 0.1) is 5.41 Å². The highest BCUT2D eigenvalue weighted by molar-refractivity contribution is 7.80. The molecular weight excluding hydrogens is 180 g/mol. The van der Waals surface area contributed by atoms with Crippen LogP contribution in [0.1, 0.15) is 17.9 Å². The molecule has 3 N–H and O–H groups in total. The summed E-state index contributed by atoms with van der Waals surface area (Å²) in [6, 6.07) is 9.87. The van der Waals surface area contributed by atoms with Gasteiger partial charge < -0.3 is 5.73 Å². The lowest BCUT2D eigenvalue weighted by atomic mass is 9.96. The molecule has 1 rings (SSSR count). The third kappa shape index (κ3) is 2.77. The van der Waals surface area contributed by atoms with E-state index in [2.05, 4.69) is 12.6 Å². The first kappa shape index (κ1) is 10.1. The molecule has 70 valence electrons. The number of rotatable bonds is 4. The van der Waals surface area contributed by atoms with Gasteiger partial charge in [-0.05, 0) is 17.7 Å². The minimum atomic E-state index is 0.0266. The van der Waals surface area contributed by atoms with Crippen molar-refractivity contribution in [1.82, 2.24) is 0 Å². The largest absolute Gasteiger partial charge is 0.387 e. The molecule has 13 heavy (non-hydrogen) atoms. The lowest BCUT2D eigenvalue weighted by Crippen LogP contribution is -2.20. The van der Waals surface area contributed by atoms with Crippen LogP contribution in [0.25, 0.3) is 0 Å². The van der Waals surface area contributed by atoms with Gasteiger partial charge in [0.2, 0.25) is 0 Å². The Morgan fingerprint density at radius 2 is 2.00 bits per heavy atom. The van der Waals surface area contributed by atoms with E-state index in [-0.39, 0.29) is 11.8 Å². The molecule has 2 nitrogen and oxygen atoms in total. The van der Waals surface area contributed by atoms with Gasteiger partial charge in [0.15, 0.2) is 0 Å². The van der Waals surface area contributed by atoms with Crippen molar-refractivity contribution in [2.24, 2.45) is 5.73 Å². The summed E-state index contributed by atoms with van der Waals surface area (Å²) in [5.41, 5.74) is 6.61. The van der Waals surface area contributed by atoms with E-state index in [1.54, 1.807) is 0 Å². The van der Waals surface area contributed by atoms with Crippen LogP contribution < -0.4 is 5.73 Å². The molecular formula is C10H14N2S. The predicted molar refractivity (Wildman–Crippen MR) is 59.6 cm³/mol. The Labute approximate surface area is 84.1 Å².